The Labute approximate surface area is 210 Å². The standard InChI is InChI=1S/C26H26F3N7O/c1-25(9-10-25)32-24(37)16-3-2-15-4-6-19(31-20(15)12-16)23-34-33-21-7-5-17(13-36(21)23)22(26(27,28)29)35-11-8-18(30)14-35/h2-7,12-13,18,22H,8-11,14,30H2,1H3,(H,32,37)/t18?,22-/m1/s1. The quantitative estimate of drug-likeness (QED) is 0.424. The number of carbonyl (C=O) groups is 1. The van der Waals surface area contributed by atoms with Crippen molar-refractivity contribution in [1.82, 2.24) is 29.8 Å². The molecule has 1 aliphatic carbocycles. The van der Waals surface area contributed by atoms with E-state index in [4.69, 9.17) is 5.73 Å². The van der Waals surface area contributed by atoms with Gasteiger partial charge < -0.3 is 11.1 Å². The molecule has 4 heterocycles. The van der Waals surface area contributed by atoms with Gasteiger partial charge in [-0.15, -0.1) is 10.2 Å². The first-order valence-corrected chi connectivity index (χ1v) is 12.2. The van der Waals surface area contributed by atoms with E-state index < -0.39 is 12.2 Å². The van der Waals surface area contributed by atoms with Gasteiger partial charge in [-0.2, -0.15) is 13.2 Å². The van der Waals surface area contributed by atoms with Crippen LogP contribution in [-0.4, -0.2) is 61.2 Å². The van der Waals surface area contributed by atoms with Crippen molar-refractivity contribution >= 4 is 22.5 Å². The first-order valence-electron chi connectivity index (χ1n) is 12.2. The van der Waals surface area contributed by atoms with Crippen molar-refractivity contribution in [2.75, 3.05) is 13.1 Å². The highest BCUT2D eigenvalue weighted by Gasteiger charge is 2.46. The number of amides is 1. The normalized spacial score (nSPS) is 20.4. The van der Waals surface area contributed by atoms with Crippen LogP contribution in [0.25, 0.3) is 28.1 Å². The number of fused-ring (bicyclic) bond motifs is 2. The van der Waals surface area contributed by atoms with E-state index in [0.29, 0.717) is 34.7 Å². The second-order valence-electron chi connectivity index (χ2n) is 10.3. The summed E-state index contributed by atoms with van der Waals surface area (Å²) in [5, 5.41) is 12.2. The Morgan fingerprint density at radius 1 is 1.16 bits per heavy atom. The predicted octanol–water partition coefficient (Wildman–Crippen LogP) is 3.86. The third kappa shape index (κ3) is 4.53. The molecule has 1 aliphatic heterocycles. The van der Waals surface area contributed by atoms with E-state index in [1.54, 1.807) is 18.2 Å². The molecule has 37 heavy (non-hydrogen) atoms. The molecule has 1 unspecified atom stereocenters. The van der Waals surface area contributed by atoms with Gasteiger partial charge in [0.05, 0.1) is 5.52 Å². The van der Waals surface area contributed by atoms with Crippen LogP contribution in [0.3, 0.4) is 0 Å². The van der Waals surface area contributed by atoms with Crippen LogP contribution < -0.4 is 11.1 Å². The summed E-state index contributed by atoms with van der Waals surface area (Å²) in [5.74, 6) is 0.157. The summed E-state index contributed by atoms with van der Waals surface area (Å²) in [6.07, 6.45) is -0.611. The number of nitrogens with zero attached hydrogens (tertiary/aromatic N) is 5. The molecule has 0 bridgehead atoms. The zero-order valence-corrected chi connectivity index (χ0v) is 20.2. The monoisotopic (exact) mass is 509 g/mol. The number of nitrogens with one attached hydrogen (secondary N) is 1. The molecule has 2 aliphatic rings. The van der Waals surface area contributed by atoms with Crippen LogP contribution in [0.15, 0.2) is 48.7 Å². The molecule has 1 saturated heterocycles. The molecule has 11 heteroatoms. The highest BCUT2D eigenvalue weighted by molar-refractivity contribution is 5.98. The number of nitrogens with two attached hydrogens (primary N) is 1. The van der Waals surface area contributed by atoms with Crippen LogP contribution in [0.4, 0.5) is 13.2 Å². The number of hydrogen-bond donors (Lipinski definition) is 2. The zero-order valence-electron chi connectivity index (χ0n) is 20.2. The lowest BCUT2D eigenvalue weighted by molar-refractivity contribution is -0.183. The van der Waals surface area contributed by atoms with Gasteiger partial charge in [0, 0.05) is 41.8 Å². The Hall–Kier alpha value is -3.57. The second kappa shape index (κ2) is 8.49. The fourth-order valence-electron chi connectivity index (χ4n) is 4.94. The van der Waals surface area contributed by atoms with E-state index in [0.717, 1.165) is 18.2 Å². The number of aromatic nitrogens is 4. The molecule has 6 rings (SSSR count). The van der Waals surface area contributed by atoms with Gasteiger partial charge >= 0.3 is 6.18 Å². The highest BCUT2D eigenvalue weighted by atomic mass is 19.4. The molecule has 3 aromatic heterocycles. The number of pyridine rings is 2. The van der Waals surface area contributed by atoms with Crippen LogP contribution in [0.5, 0.6) is 0 Å². The lowest BCUT2D eigenvalue weighted by atomic mass is 10.1. The van der Waals surface area contributed by atoms with E-state index in [1.165, 1.54) is 27.6 Å². The fourth-order valence-corrected chi connectivity index (χ4v) is 4.94. The maximum Gasteiger partial charge on any atom is 0.408 e. The van der Waals surface area contributed by atoms with Crippen LogP contribution >= 0.6 is 0 Å². The van der Waals surface area contributed by atoms with Gasteiger partial charge in [-0.3, -0.25) is 14.1 Å². The van der Waals surface area contributed by atoms with Crippen molar-refractivity contribution in [2.24, 2.45) is 5.73 Å². The van der Waals surface area contributed by atoms with Gasteiger partial charge in [0.1, 0.15) is 11.7 Å². The molecule has 1 aromatic carbocycles. The fraction of sp³-hybridized carbons (Fsp3) is 0.385. The maximum absolute atomic E-state index is 14.2. The molecule has 192 valence electrons. The molecule has 2 atom stereocenters. The molecular weight excluding hydrogens is 483 g/mol. The van der Waals surface area contributed by atoms with Crippen molar-refractivity contribution in [3.8, 4) is 11.5 Å². The summed E-state index contributed by atoms with van der Waals surface area (Å²) in [6.45, 7) is 2.46. The summed E-state index contributed by atoms with van der Waals surface area (Å²) in [5.41, 5.74) is 7.77. The van der Waals surface area contributed by atoms with Crippen molar-refractivity contribution < 1.29 is 18.0 Å². The maximum atomic E-state index is 14.2. The number of halogens is 3. The molecule has 1 amide bonds. The first kappa shape index (κ1) is 23.8. The summed E-state index contributed by atoms with van der Waals surface area (Å²) >= 11 is 0. The zero-order chi connectivity index (χ0) is 25.9. The minimum Gasteiger partial charge on any atom is -0.347 e. The lowest BCUT2D eigenvalue weighted by Crippen LogP contribution is -2.38. The Morgan fingerprint density at radius 2 is 1.95 bits per heavy atom. The molecule has 4 aromatic rings. The van der Waals surface area contributed by atoms with Crippen molar-refractivity contribution in [1.29, 1.82) is 0 Å². The smallest absolute Gasteiger partial charge is 0.347 e. The Kier molecular flexibility index (Phi) is 5.46. The molecule has 3 N–H and O–H groups in total. The van der Waals surface area contributed by atoms with E-state index in [1.807, 2.05) is 19.1 Å². The molecule has 0 spiro atoms. The number of hydrogen-bond acceptors (Lipinski definition) is 6. The van der Waals surface area contributed by atoms with Crippen molar-refractivity contribution in [3.05, 3.63) is 59.8 Å². The van der Waals surface area contributed by atoms with Crippen LogP contribution in [-0.2, 0) is 0 Å². The Balaban J connectivity index is 1.38. The largest absolute Gasteiger partial charge is 0.408 e. The van der Waals surface area contributed by atoms with E-state index in [-0.39, 0.29) is 36.1 Å². The van der Waals surface area contributed by atoms with Gasteiger partial charge in [0.15, 0.2) is 11.5 Å². The van der Waals surface area contributed by atoms with Crippen molar-refractivity contribution in [2.45, 2.75) is 50.0 Å². The minimum atomic E-state index is -4.47. The Morgan fingerprint density at radius 3 is 2.65 bits per heavy atom. The van der Waals surface area contributed by atoms with Gasteiger partial charge in [-0.05, 0) is 56.0 Å². The topological polar surface area (TPSA) is 101 Å². The average Bonchev–Trinajstić information content (AvgIpc) is 3.22. The van der Waals surface area contributed by atoms with E-state index >= 15 is 0 Å². The number of alkyl halides is 3. The molecule has 0 radical (unpaired) electrons. The van der Waals surface area contributed by atoms with Crippen molar-refractivity contribution in [3.63, 3.8) is 0 Å². The second-order valence-corrected chi connectivity index (χ2v) is 10.3. The average molecular weight is 510 g/mol. The molecule has 8 nitrogen and oxygen atoms in total. The lowest BCUT2D eigenvalue weighted by Gasteiger charge is -2.30. The van der Waals surface area contributed by atoms with E-state index in [2.05, 4.69) is 20.5 Å². The van der Waals surface area contributed by atoms with Crippen LogP contribution in [0.2, 0.25) is 0 Å². The van der Waals surface area contributed by atoms with Gasteiger partial charge in [0.2, 0.25) is 0 Å². The van der Waals surface area contributed by atoms with Crippen LogP contribution in [0, 0.1) is 0 Å². The third-order valence-corrected chi connectivity index (χ3v) is 7.27. The van der Waals surface area contributed by atoms with E-state index in [9.17, 15) is 18.0 Å². The van der Waals surface area contributed by atoms with Gasteiger partial charge in [0.25, 0.3) is 5.91 Å². The summed E-state index contributed by atoms with van der Waals surface area (Å²) in [4.78, 5) is 18.7. The first-order chi connectivity index (χ1) is 17.6. The Bertz CT molecular complexity index is 1510. The minimum absolute atomic E-state index is 0.0865. The SMILES string of the molecule is CC1(NC(=O)c2ccc3ccc(-c4nnc5ccc([C@@H](N6CCC(N)C6)C(F)(F)F)cn45)nc3c2)CC1. The number of carbonyl (C=O) groups excluding carboxylic acids is 1. The molecule has 2 fully saturated rings. The predicted molar refractivity (Wildman–Crippen MR) is 132 cm³/mol. The number of benzene rings is 1. The number of likely N-dealkylation sites (tertiary alicyclic amines) is 1. The summed E-state index contributed by atoms with van der Waals surface area (Å²) in [7, 11) is 0. The molecule has 1 saturated carbocycles. The summed E-state index contributed by atoms with van der Waals surface area (Å²) in [6, 6.07) is 9.80. The highest BCUT2D eigenvalue weighted by Crippen LogP contribution is 2.39. The van der Waals surface area contributed by atoms with Gasteiger partial charge in [-0.1, -0.05) is 18.2 Å². The number of rotatable bonds is 5. The van der Waals surface area contributed by atoms with Gasteiger partial charge in [-0.25, -0.2) is 4.98 Å². The third-order valence-electron chi connectivity index (χ3n) is 7.27. The molecular formula is C26H26F3N7O. The van der Waals surface area contributed by atoms with Crippen LogP contribution in [0.1, 0.15) is 48.1 Å². The summed E-state index contributed by atoms with van der Waals surface area (Å²) < 4.78 is 44.0.